The summed E-state index contributed by atoms with van der Waals surface area (Å²) in [5, 5.41) is 8.90. The zero-order valence-corrected chi connectivity index (χ0v) is 15.3. The SMILES string of the molecule is CCCc1cc([C@H]2CCCCCN2Cc2cnn(CC)c2C)no1. The van der Waals surface area contributed by atoms with Gasteiger partial charge in [0.25, 0.3) is 0 Å². The van der Waals surface area contributed by atoms with Crippen molar-refractivity contribution in [2.75, 3.05) is 6.54 Å². The maximum absolute atomic E-state index is 5.55. The predicted octanol–water partition coefficient (Wildman–Crippen LogP) is 4.27. The monoisotopic (exact) mass is 330 g/mol. The third kappa shape index (κ3) is 3.72. The van der Waals surface area contributed by atoms with Crippen molar-refractivity contribution in [1.29, 1.82) is 0 Å². The predicted molar refractivity (Wildman–Crippen MR) is 94.8 cm³/mol. The molecule has 5 heteroatoms. The summed E-state index contributed by atoms with van der Waals surface area (Å²) < 4.78 is 7.63. The first-order chi connectivity index (χ1) is 11.7. The molecule has 24 heavy (non-hydrogen) atoms. The summed E-state index contributed by atoms with van der Waals surface area (Å²) in [4.78, 5) is 2.57. The first kappa shape index (κ1) is 17.2. The van der Waals surface area contributed by atoms with Crippen molar-refractivity contribution in [3.05, 3.63) is 35.0 Å². The minimum atomic E-state index is 0.367. The van der Waals surface area contributed by atoms with Gasteiger partial charge in [-0.25, -0.2) is 0 Å². The zero-order valence-electron chi connectivity index (χ0n) is 15.3. The Morgan fingerprint density at radius 3 is 2.88 bits per heavy atom. The largest absolute Gasteiger partial charge is 0.361 e. The van der Waals surface area contributed by atoms with Crippen molar-refractivity contribution in [2.45, 2.75) is 78.4 Å². The molecule has 2 aromatic rings. The van der Waals surface area contributed by atoms with Crippen LogP contribution in [0.1, 0.15) is 74.7 Å². The third-order valence-electron chi connectivity index (χ3n) is 5.16. The van der Waals surface area contributed by atoms with Crippen molar-refractivity contribution >= 4 is 0 Å². The molecule has 0 amide bonds. The molecule has 3 rings (SSSR count). The van der Waals surface area contributed by atoms with Crippen LogP contribution in [0.4, 0.5) is 0 Å². The maximum atomic E-state index is 5.55. The molecule has 0 N–H and O–H groups in total. The molecule has 0 bridgehead atoms. The molecule has 1 aliphatic heterocycles. The summed E-state index contributed by atoms with van der Waals surface area (Å²) in [7, 11) is 0. The smallest absolute Gasteiger partial charge is 0.137 e. The van der Waals surface area contributed by atoms with Crippen molar-refractivity contribution in [2.24, 2.45) is 0 Å². The second-order valence-electron chi connectivity index (χ2n) is 6.87. The fourth-order valence-electron chi connectivity index (χ4n) is 3.72. The summed E-state index contributed by atoms with van der Waals surface area (Å²) in [5.74, 6) is 1.02. The van der Waals surface area contributed by atoms with E-state index in [1.807, 2.05) is 6.20 Å². The van der Waals surface area contributed by atoms with E-state index in [-0.39, 0.29) is 0 Å². The molecule has 1 saturated heterocycles. The fourth-order valence-corrected chi connectivity index (χ4v) is 3.72. The summed E-state index contributed by atoms with van der Waals surface area (Å²) >= 11 is 0. The average molecular weight is 330 g/mol. The molecular weight excluding hydrogens is 300 g/mol. The van der Waals surface area contributed by atoms with Gasteiger partial charge in [-0.1, -0.05) is 24.9 Å². The molecule has 2 aromatic heterocycles. The second-order valence-corrected chi connectivity index (χ2v) is 6.87. The molecule has 1 atom stereocenters. The Hall–Kier alpha value is -1.62. The molecule has 0 spiro atoms. The Bertz CT molecular complexity index is 646. The lowest BCUT2D eigenvalue weighted by atomic mass is 10.1. The number of aryl methyl sites for hydroxylation is 2. The summed E-state index contributed by atoms with van der Waals surface area (Å²) in [6, 6.07) is 2.54. The molecule has 3 heterocycles. The van der Waals surface area contributed by atoms with Gasteiger partial charge in [0, 0.05) is 36.8 Å². The lowest BCUT2D eigenvalue weighted by Gasteiger charge is -2.28. The Balaban J connectivity index is 1.80. The molecule has 1 fully saturated rings. The van der Waals surface area contributed by atoms with Gasteiger partial charge in [-0.05, 0) is 39.7 Å². The Morgan fingerprint density at radius 1 is 1.25 bits per heavy atom. The van der Waals surface area contributed by atoms with Crippen LogP contribution in [0.25, 0.3) is 0 Å². The summed E-state index contributed by atoms with van der Waals surface area (Å²) in [6.45, 7) is 9.49. The Labute approximate surface area is 145 Å². The fraction of sp³-hybridized carbons (Fsp3) is 0.684. The van der Waals surface area contributed by atoms with Gasteiger partial charge < -0.3 is 4.52 Å². The standard InChI is InChI=1S/C19H30N4O/c1-4-9-17-12-18(21-24-17)19-10-7-6-8-11-22(19)14-16-13-20-23(5-2)15(16)3/h12-13,19H,4-11,14H2,1-3H3/t19-/m1/s1. The Kier molecular flexibility index (Phi) is 5.72. The minimum absolute atomic E-state index is 0.367. The topological polar surface area (TPSA) is 47.1 Å². The van der Waals surface area contributed by atoms with Gasteiger partial charge in [-0.15, -0.1) is 0 Å². The van der Waals surface area contributed by atoms with E-state index < -0.39 is 0 Å². The van der Waals surface area contributed by atoms with Gasteiger partial charge in [0.05, 0.1) is 12.2 Å². The van der Waals surface area contributed by atoms with Gasteiger partial charge in [-0.3, -0.25) is 9.58 Å². The van der Waals surface area contributed by atoms with E-state index in [0.717, 1.165) is 43.9 Å². The maximum Gasteiger partial charge on any atom is 0.137 e. The van der Waals surface area contributed by atoms with E-state index in [9.17, 15) is 0 Å². The summed E-state index contributed by atoms with van der Waals surface area (Å²) in [6.07, 6.45) is 9.10. The highest BCUT2D eigenvalue weighted by Gasteiger charge is 2.26. The summed E-state index contributed by atoms with van der Waals surface area (Å²) in [5.41, 5.74) is 3.73. The van der Waals surface area contributed by atoms with Gasteiger partial charge in [0.2, 0.25) is 0 Å². The third-order valence-corrected chi connectivity index (χ3v) is 5.16. The first-order valence-corrected chi connectivity index (χ1v) is 9.43. The molecule has 0 aromatic carbocycles. The van der Waals surface area contributed by atoms with Crippen molar-refractivity contribution < 1.29 is 4.52 Å². The van der Waals surface area contributed by atoms with Crippen LogP contribution < -0.4 is 0 Å². The van der Waals surface area contributed by atoms with Crippen LogP contribution in [0, 0.1) is 6.92 Å². The number of hydrogen-bond acceptors (Lipinski definition) is 4. The van der Waals surface area contributed by atoms with Gasteiger partial charge >= 0.3 is 0 Å². The molecule has 0 unspecified atom stereocenters. The molecule has 5 nitrogen and oxygen atoms in total. The molecule has 0 radical (unpaired) electrons. The van der Waals surface area contributed by atoms with E-state index >= 15 is 0 Å². The lowest BCUT2D eigenvalue weighted by molar-refractivity contribution is 0.183. The van der Waals surface area contributed by atoms with Crippen LogP contribution in [-0.4, -0.2) is 26.4 Å². The number of nitrogens with zero attached hydrogens (tertiary/aromatic N) is 4. The molecule has 0 saturated carbocycles. The van der Waals surface area contributed by atoms with Gasteiger partial charge in [0.15, 0.2) is 0 Å². The zero-order chi connectivity index (χ0) is 16.9. The van der Waals surface area contributed by atoms with Crippen molar-refractivity contribution in [3.8, 4) is 0 Å². The molecule has 132 valence electrons. The highest BCUT2D eigenvalue weighted by molar-refractivity contribution is 5.17. The number of rotatable bonds is 6. The lowest BCUT2D eigenvalue weighted by Crippen LogP contribution is -2.28. The van der Waals surface area contributed by atoms with Crippen LogP contribution in [-0.2, 0) is 19.5 Å². The van der Waals surface area contributed by atoms with Gasteiger partial charge in [-0.2, -0.15) is 5.10 Å². The highest BCUT2D eigenvalue weighted by Crippen LogP contribution is 2.31. The number of aromatic nitrogens is 3. The first-order valence-electron chi connectivity index (χ1n) is 9.43. The van der Waals surface area contributed by atoms with Crippen molar-refractivity contribution in [3.63, 3.8) is 0 Å². The Morgan fingerprint density at radius 2 is 2.12 bits per heavy atom. The van der Waals surface area contributed by atoms with E-state index in [0.29, 0.717) is 6.04 Å². The van der Waals surface area contributed by atoms with Crippen LogP contribution in [0.2, 0.25) is 0 Å². The second kappa shape index (κ2) is 7.97. The van der Waals surface area contributed by atoms with E-state index in [4.69, 9.17) is 4.52 Å². The van der Waals surface area contributed by atoms with Crippen LogP contribution in [0.3, 0.4) is 0 Å². The molecular formula is C19H30N4O. The normalized spacial score (nSPS) is 19.5. The average Bonchev–Trinajstić information content (AvgIpc) is 3.10. The van der Waals surface area contributed by atoms with Crippen molar-refractivity contribution in [1.82, 2.24) is 19.8 Å². The quantitative estimate of drug-likeness (QED) is 0.793. The highest BCUT2D eigenvalue weighted by atomic mass is 16.5. The minimum Gasteiger partial charge on any atom is -0.361 e. The van der Waals surface area contributed by atoms with Crippen LogP contribution >= 0.6 is 0 Å². The number of hydrogen-bond donors (Lipinski definition) is 0. The van der Waals surface area contributed by atoms with E-state index in [1.165, 1.54) is 36.9 Å². The molecule has 0 aliphatic carbocycles. The van der Waals surface area contributed by atoms with Crippen LogP contribution in [0.15, 0.2) is 16.8 Å². The van der Waals surface area contributed by atoms with Gasteiger partial charge in [0.1, 0.15) is 11.5 Å². The van der Waals surface area contributed by atoms with Crippen LogP contribution in [0.5, 0.6) is 0 Å². The van der Waals surface area contributed by atoms with E-state index in [1.54, 1.807) is 0 Å². The number of likely N-dealkylation sites (tertiary alicyclic amines) is 1. The van der Waals surface area contributed by atoms with E-state index in [2.05, 4.69) is 46.7 Å². The molecule has 1 aliphatic rings.